The predicted octanol–water partition coefficient (Wildman–Crippen LogP) is 8.19. The van der Waals surface area contributed by atoms with Gasteiger partial charge < -0.3 is 25.3 Å². The first-order valence-electron chi connectivity index (χ1n) is 15.6. The lowest BCUT2D eigenvalue weighted by Crippen LogP contribution is -2.35. The van der Waals surface area contributed by atoms with Crippen LogP contribution in [-0.2, 0) is 6.54 Å². The summed E-state index contributed by atoms with van der Waals surface area (Å²) < 4.78 is 8.16. The number of urea groups is 1. The minimum atomic E-state index is -0.233. The number of carbonyl (C=O) groups is 2. The fourth-order valence-electron chi connectivity index (χ4n) is 5.59. The van der Waals surface area contributed by atoms with E-state index in [0.29, 0.717) is 28.4 Å². The summed E-state index contributed by atoms with van der Waals surface area (Å²) in [5.74, 6) is 1.09. The maximum atomic E-state index is 13.0. The van der Waals surface area contributed by atoms with Gasteiger partial charge in [-0.05, 0) is 124 Å². The minimum absolute atomic E-state index is 0.107. The van der Waals surface area contributed by atoms with Gasteiger partial charge in [-0.3, -0.25) is 9.69 Å². The monoisotopic (exact) mass is 601 g/mol. The first-order valence-corrected chi connectivity index (χ1v) is 15.6. The van der Waals surface area contributed by atoms with Crippen molar-refractivity contribution in [3.05, 3.63) is 114 Å². The number of hydrogen-bond acceptors (Lipinski definition) is 4. The number of likely N-dealkylation sites (tertiary alicyclic amines) is 1. The van der Waals surface area contributed by atoms with Gasteiger partial charge in [0.25, 0.3) is 5.91 Å². The normalized spacial score (nSPS) is 13.8. The average molecular weight is 602 g/mol. The number of fused-ring (bicyclic) bond motifs is 1. The summed E-state index contributed by atoms with van der Waals surface area (Å²) in [6.07, 6.45) is 5.64. The van der Waals surface area contributed by atoms with Crippen LogP contribution in [0, 0.1) is 0 Å². The highest BCUT2D eigenvalue weighted by molar-refractivity contribution is 6.04. The van der Waals surface area contributed by atoms with Crippen molar-refractivity contribution in [3.8, 4) is 17.2 Å². The van der Waals surface area contributed by atoms with E-state index >= 15 is 0 Å². The number of amides is 3. The van der Waals surface area contributed by atoms with Crippen molar-refractivity contribution >= 4 is 34.2 Å². The summed E-state index contributed by atoms with van der Waals surface area (Å²) in [5, 5.41) is 9.94. The van der Waals surface area contributed by atoms with Gasteiger partial charge in [0, 0.05) is 46.8 Å². The van der Waals surface area contributed by atoms with Crippen LogP contribution in [0.1, 0.15) is 49.0 Å². The zero-order valence-electron chi connectivity index (χ0n) is 25.8. The molecule has 1 fully saturated rings. The molecule has 3 amide bonds. The van der Waals surface area contributed by atoms with Gasteiger partial charge in [-0.1, -0.05) is 25.1 Å². The Kier molecular flexibility index (Phi) is 9.12. The molecule has 1 saturated heterocycles. The number of nitrogens with one attached hydrogen (secondary N) is 3. The Balaban J connectivity index is 1.06. The smallest absolute Gasteiger partial charge is 0.319 e. The standard InChI is InChI=1S/C37H39N5O3/c1-3-26(2)38-37(44)40-30-14-20-33(21-15-30)45-32-18-12-29(13-19-32)39-36(43)27-10-16-31(17-11-27)42-25-28(24-41-22-6-7-23-41)34-8-4-5-9-35(34)42/h4-5,8-21,25-26H,3,6-7,22-24H2,1-2H3,(H,39,43)(H2,38,40,44). The SMILES string of the molecule is CCC(C)NC(=O)Nc1ccc(Oc2ccc(NC(=O)c3ccc(-n4cc(CN5CCCC5)c5ccccc54)cc3)cc2)cc1. The predicted molar refractivity (Wildman–Crippen MR) is 181 cm³/mol. The van der Waals surface area contributed by atoms with Crippen LogP contribution in [0.25, 0.3) is 16.6 Å². The van der Waals surface area contributed by atoms with E-state index in [4.69, 9.17) is 4.74 Å². The average Bonchev–Trinajstić information content (AvgIpc) is 3.71. The number of hydrogen-bond donors (Lipinski definition) is 3. The number of ether oxygens (including phenoxy) is 1. The Morgan fingerprint density at radius 3 is 2.07 bits per heavy atom. The molecule has 1 aromatic heterocycles. The maximum absolute atomic E-state index is 13.0. The molecule has 0 aliphatic carbocycles. The zero-order valence-corrected chi connectivity index (χ0v) is 25.8. The fourth-order valence-corrected chi connectivity index (χ4v) is 5.59. The molecule has 1 atom stereocenters. The second-order valence-electron chi connectivity index (χ2n) is 11.6. The molecule has 1 aliphatic rings. The lowest BCUT2D eigenvalue weighted by Gasteiger charge is -2.13. The Bertz CT molecular complexity index is 1760. The highest BCUT2D eigenvalue weighted by atomic mass is 16.5. The van der Waals surface area contributed by atoms with Gasteiger partial charge in [-0.25, -0.2) is 4.79 Å². The largest absolute Gasteiger partial charge is 0.457 e. The first kappa shape index (κ1) is 30.0. The number of anilines is 2. The molecule has 1 aliphatic heterocycles. The van der Waals surface area contributed by atoms with E-state index in [1.165, 1.54) is 29.3 Å². The summed E-state index contributed by atoms with van der Waals surface area (Å²) in [5.41, 5.74) is 5.46. The number of para-hydroxylation sites is 1. The van der Waals surface area contributed by atoms with Gasteiger partial charge in [0.2, 0.25) is 0 Å². The zero-order chi connectivity index (χ0) is 31.2. The molecule has 230 valence electrons. The van der Waals surface area contributed by atoms with E-state index in [9.17, 15) is 9.59 Å². The number of carbonyl (C=O) groups excluding carboxylic acids is 2. The maximum Gasteiger partial charge on any atom is 0.319 e. The summed E-state index contributed by atoms with van der Waals surface area (Å²) in [4.78, 5) is 27.6. The van der Waals surface area contributed by atoms with Crippen molar-refractivity contribution in [2.24, 2.45) is 0 Å². The molecular formula is C37H39N5O3. The molecule has 6 rings (SSSR count). The van der Waals surface area contributed by atoms with Crippen molar-refractivity contribution in [3.63, 3.8) is 0 Å². The Hall–Kier alpha value is -5.08. The molecule has 2 heterocycles. The first-order chi connectivity index (χ1) is 21.9. The van der Waals surface area contributed by atoms with Crippen molar-refractivity contribution in [1.82, 2.24) is 14.8 Å². The van der Waals surface area contributed by atoms with Gasteiger partial charge in [0.1, 0.15) is 11.5 Å². The van der Waals surface area contributed by atoms with Crippen LogP contribution in [0.15, 0.2) is 103 Å². The van der Waals surface area contributed by atoms with Crippen LogP contribution in [-0.4, -0.2) is 40.5 Å². The highest BCUT2D eigenvalue weighted by Gasteiger charge is 2.16. The van der Waals surface area contributed by atoms with Gasteiger partial charge in [-0.15, -0.1) is 0 Å². The van der Waals surface area contributed by atoms with Crippen molar-refractivity contribution < 1.29 is 14.3 Å². The van der Waals surface area contributed by atoms with Crippen LogP contribution in [0.3, 0.4) is 0 Å². The molecule has 0 spiro atoms. The summed E-state index contributed by atoms with van der Waals surface area (Å²) in [7, 11) is 0. The molecule has 3 N–H and O–H groups in total. The molecule has 5 aromatic rings. The highest BCUT2D eigenvalue weighted by Crippen LogP contribution is 2.28. The quantitative estimate of drug-likeness (QED) is 0.151. The minimum Gasteiger partial charge on any atom is -0.457 e. The molecular weight excluding hydrogens is 562 g/mol. The van der Waals surface area contributed by atoms with Crippen molar-refractivity contribution in [2.75, 3.05) is 23.7 Å². The number of nitrogens with zero attached hydrogens (tertiary/aromatic N) is 2. The lowest BCUT2D eigenvalue weighted by molar-refractivity contribution is 0.102. The van der Waals surface area contributed by atoms with Crippen molar-refractivity contribution in [1.29, 1.82) is 0 Å². The third kappa shape index (κ3) is 7.36. The third-order valence-corrected chi connectivity index (χ3v) is 8.24. The third-order valence-electron chi connectivity index (χ3n) is 8.24. The Labute approximate surface area is 264 Å². The topological polar surface area (TPSA) is 87.6 Å². The van der Waals surface area contributed by atoms with Crippen LogP contribution in [0.2, 0.25) is 0 Å². The van der Waals surface area contributed by atoms with E-state index in [0.717, 1.165) is 31.7 Å². The molecule has 0 radical (unpaired) electrons. The number of rotatable bonds is 10. The van der Waals surface area contributed by atoms with Crippen LogP contribution in [0.4, 0.5) is 16.2 Å². The van der Waals surface area contributed by atoms with Gasteiger partial charge in [-0.2, -0.15) is 0 Å². The summed E-state index contributed by atoms with van der Waals surface area (Å²) >= 11 is 0. The van der Waals surface area contributed by atoms with Gasteiger partial charge in [0.15, 0.2) is 0 Å². The van der Waals surface area contributed by atoms with Crippen LogP contribution in [0.5, 0.6) is 11.5 Å². The molecule has 45 heavy (non-hydrogen) atoms. The van der Waals surface area contributed by atoms with E-state index < -0.39 is 0 Å². The second-order valence-corrected chi connectivity index (χ2v) is 11.6. The van der Waals surface area contributed by atoms with E-state index in [1.807, 2.05) is 50.2 Å². The van der Waals surface area contributed by atoms with Crippen LogP contribution >= 0.6 is 0 Å². The van der Waals surface area contributed by atoms with E-state index in [2.05, 4.69) is 55.9 Å². The lowest BCUT2D eigenvalue weighted by atomic mass is 10.1. The summed E-state index contributed by atoms with van der Waals surface area (Å²) in [6.45, 7) is 7.26. The molecule has 0 saturated carbocycles. The number of aromatic nitrogens is 1. The van der Waals surface area contributed by atoms with Gasteiger partial charge >= 0.3 is 6.03 Å². The van der Waals surface area contributed by atoms with E-state index in [-0.39, 0.29) is 18.0 Å². The molecule has 8 heteroatoms. The van der Waals surface area contributed by atoms with Crippen LogP contribution < -0.4 is 20.7 Å². The Morgan fingerprint density at radius 1 is 0.800 bits per heavy atom. The molecule has 0 bridgehead atoms. The fraction of sp³-hybridized carbons (Fsp3) is 0.243. The second kappa shape index (κ2) is 13.7. The van der Waals surface area contributed by atoms with Crippen molar-refractivity contribution in [2.45, 2.75) is 45.7 Å². The molecule has 4 aromatic carbocycles. The Morgan fingerprint density at radius 2 is 1.42 bits per heavy atom. The summed E-state index contributed by atoms with van der Waals surface area (Å²) in [6, 6.07) is 30.5. The molecule has 1 unspecified atom stereocenters. The van der Waals surface area contributed by atoms with Gasteiger partial charge in [0.05, 0.1) is 5.52 Å². The number of benzene rings is 4. The van der Waals surface area contributed by atoms with E-state index in [1.54, 1.807) is 36.4 Å². The molecule has 8 nitrogen and oxygen atoms in total.